The molecule has 0 radical (unpaired) electrons. The van der Waals surface area contributed by atoms with Crippen LogP contribution in [0.25, 0.3) is 0 Å². The van der Waals surface area contributed by atoms with Gasteiger partial charge in [-0.25, -0.2) is 9.59 Å². The second-order valence-corrected chi connectivity index (χ2v) is 19.8. The Balaban J connectivity index is 1.27. The minimum absolute atomic E-state index is 0.0585. The molecule has 14 heteroatoms. The monoisotopic (exact) mass is 992 g/mol. The number of carbonyl (C=O) groups excluding carboxylic acids is 3. The molecule has 3 fully saturated rings. The minimum Gasteiger partial charge on any atom is -0.497 e. The summed E-state index contributed by atoms with van der Waals surface area (Å²) in [4.78, 5) is 41.9. The Kier molecular flexibility index (Phi) is 19.2. The lowest BCUT2D eigenvalue weighted by Gasteiger charge is -2.53. The number of benzene rings is 3. The zero-order valence-electron chi connectivity index (χ0n) is 42.6. The van der Waals surface area contributed by atoms with Gasteiger partial charge in [-0.3, -0.25) is 4.79 Å². The molecule has 0 aromatic heterocycles. The zero-order chi connectivity index (χ0) is 51.3. The summed E-state index contributed by atoms with van der Waals surface area (Å²) in [5.41, 5.74) is 3.52. The molecule has 0 aliphatic carbocycles. The first-order chi connectivity index (χ1) is 34.6. The van der Waals surface area contributed by atoms with Gasteiger partial charge in [0.25, 0.3) is 0 Å². The standard InChI is InChI=1S/C58H72O14/c1-38-25-46-23-24-57(4,5)58(64-8)55(71-56(61)43-17-13-10-14-18-43)44(30-53(59)63-7)29-51(72-58)33-52(40(3)67-37-65-35-41-15-11-9-12-16-41)70-54(60)34-47(66-36-42-19-21-45(62-6)22-20-42)31-48-27-39(2)28-50(69-48)32-49(26-38)68-46/h9-24,30,40,46-52,55H,1-2,25-29,31-37H2,3-8H3/b24-23+,44-30+/t40-,46+,47-,48+,49+,50-,51+,52-,55+,58-/m1/s1. The molecule has 3 aromatic carbocycles. The van der Waals surface area contributed by atoms with E-state index in [-0.39, 0.29) is 57.1 Å². The van der Waals surface area contributed by atoms with Gasteiger partial charge in [0, 0.05) is 37.9 Å². The van der Waals surface area contributed by atoms with Crippen LogP contribution in [-0.4, -0.2) is 107 Å². The molecular weight excluding hydrogens is 921 g/mol. The van der Waals surface area contributed by atoms with Gasteiger partial charge in [0.1, 0.15) is 18.6 Å². The predicted molar refractivity (Wildman–Crippen MR) is 269 cm³/mol. The van der Waals surface area contributed by atoms with E-state index >= 15 is 0 Å². The summed E-state index contributed by atoms with van der Waals surface area (Å²) in [6.07, 6.45) is 3.41. The van der Waals surface area contributed by atoms with Gasteiger partial charge in [0.2, 0.25) is 5.79 Å². The van der Waals surface area contributed by atoms with E-state index in [2.05, 4.69) is 13.2 Å². The van der Waals surface area contributed by atoms with Gasteiger partial charge in [0.15, 0.2) is 6.10 Å². The lowest BCUT2D eigenvalue weighted by Crippen LogP contribution is -2.63. The highest BCUT2D eigenvalue weighted by atomic mass is 16.7. The topological polar surface area (TPSA) is 153 Å². The Labute approximate surface area is 424 Å². The largest absolute Gasteiger partial charge is 0.497 e. The van der Waals surface area contributed by atoms with Crippen LogP contribution in [0.15, 0.2) is 133 Å². The first-order valence-corrected chi connectivity index (χ1v) is 24.9. The lowest BCUT2D eigenvalue weighted by molar-refractivity contribution is -0.336. The van der Waals surface area contributed by atoms with Crippen molar-refractivity contribution in [3.05, 3.63) is 150 Å². The second kappa shape index (κ2) is 25.5. The van der Waals surface area contributed by atoms with Gasteiger partial charge < -0.3 is 52.1 Å². The molecule has 388 valence electrons. The van der Waals surface area contributed by atoms with E-state index in [0.717, 1.165) is 28.0 Å². The van der Waals surface area contributed by atoms with E-state index in [1.54, 1.807) is 37.4 Å². The van der Waals surface area contributed by atoms with Crippen molar-refractivity contribution in [1.82, 2.24) is 0 Å². The smallest absolute Gasteiger partial charge is 0.338 e. The zero-order valence-corrected chi connectivity index (χ0v) is 42.6. The maximum atomic E-state index is 14.5. The quantitative estimate of drug-likeness (QED) is 0.0376. The van der Waals surface area contributed by atoms with Crippen LogP contribution in [0.3, 0.4) is 0 Å². The summed E-state index contributed by atoms with van der Waals surface area (Å²) in [6.45, 7) is 14.9. The van der Waals surface area contributed by atoms with Gasteiger partial charge in [-0.1, -0.05) is 111 Å². The second-order valence-electron chi connectivity index (χ2n) is 19.8. The molecule has 7 rings (SSSR count). The molecule has 10 atom stereocenters. The Morgan fingerprint density at radius 1 is 0.764 bits per heavy atom. The fourth-order valence-electron chi connectivity index (χ4n) is 10.1. The van der Waals surface area contributed by atoms with Gasteiger partial charge in [-0.15, -0.1) is 0 Å². The average Bonchev–Trinajstić information content (AvgIpc) is 3.36. The van der Waals surface area contributed by atoms with E-state index in [1.807, 2.05) is 87.5 Å². The minimum atomic E-state index is -1.79. The first-order valence-electron chi connectivity index (χ1n) is 24.9. The first kappa shape index (κ1) is 54.3. The van der Waals surface area contributed by atoms with Crippen LogP contribution >= 0.6 is 0 Å². The van der Waals surface area contributed by atoms with Crippen LogP contribution in [0.2, 0.25) is 0 Å². The summed E-state index contributed by atoms with van der Waals surface area (Å²) < 4.78 is 69.6. The number of rotatable bonds is 14. The van der Waals surface area contributed by atoms with Crippen LogP contribution in [0.4, 0.5) is 0 Å². The molecule has 0 spiro atoms. The summed E-state index contributed by atoms with van der Waals surface area (Å²) in [7, 11) is 4.37. The average molecular weight is 993 g/mol. The van der Waals surface area contributed by atoms with Gasteiger partial charge in [-0.05, 0) is 80.0 Å². The summed E-state index contributed by atoms with van der Waals surface area (Å²) in [5.74, 6) is -2.92. The summed E-state index contributed by atoms with van der Waals surface area (Å²) >= 11 is 0. The van der Waals surface area contributed by atoms with Crippen molar-refractivity contribution in [2.24, 2.45) is 5.41 Å². The molecule has 0 amide bonds. The van der Waals surface area contributed by atoms with Crippen LogP contribution in [0.1, 0.15) is 100 Å². The molecule has 3 aromatic rings. The van der Waals surface area contributed by atoms with Crippen molar-refractivity contribution in [2.45, 2.75) is 152 Å². The van der Waals surface area contributed by atoms with Gasteiger partial charge >= 0.3 is 17.9 Å². The molecule has 0 saturated carbocycles. The highest BCUT2D eigenvalue weighted by Gasteiger charge is 2.59. The van der Waals surface area contributed by atoms with E-state index in [9.17, 15) is 14.4 Å². The van der Waals surface area contributed by atoms with E-state index < -0.39 is 59.6 Å². The molecule has 72 heavy (non-hydrogen) atoms. The van der Waals surface area contributed by atoms with E-state index in [4.69, 9.17) is 52.1 Å². The maximum Gasteiger partial charge on any atom is 0.338 e. The Morgan fingerprint density at radius 3 is 2.10 bits per heavy atom. The highest BCUT2D eigenvalue weighted by molar-refractivity contribution is 5.90. The normalized spacial score (nSPS) is 29.5. The third-order valence-corrected chi connectivity index (χ3v) is 13.9. The number of cyclic esters (lactones) is 1. The molecule has 4 aliphatic heterocycles. The maximum absolute atomic E-state index is 14.5. The molecular formula is C58H72O14. The molecule has 14 nitrogen and oxygen atoms in total. The third-order valence-electron chi connectivity index (χ3n) is 13.9. The summed E-state index contributed by atoms with van der Waals surface area (Å²) in [6, 6.07) is 25.9. The van der Waals surface area contributed by atoms with Crippen LogP contribution in [0.5, 0.6) is 5.75 Å². The Hall–Kier alpha value is -5.45. The van der Waals surface area contributed by atoms with Crippen molar-refractivity contribution >= 4 is 17.9 Å². The molecule has 6 bridgehead atoms. The fourth-order valence-corrected chi connectivity index (χ4v) is 10.1. The number of fused-ring (bicyclic) bond motifs is 6. The van der Waals surface area contributed by atoms with Crippen molar-refractivity contribution in [2.75, 3.05) is 28.1 Å². The number of esters is 3. The van der Waals surface area contributed by atoms with Crippen LogP contribution in [0, 0.1) is 5.41 Å². The van der Waals surface area contributed by atoms with E-state index in [0.29, 0.717) is 56.3 Å². The highest BCUT2D eigenvalue weighted by Crippen LogP contribution is 2.49. The number of hydrogen-bond acceptors (Lipinski definition) is 14. The number of methoxy groups -OCH3 is 3. The lowest BCUT2D eigenvalue weighted by atomic mass is 9.73. The fraction of sp³-hybridized carbons (Fsp3) is 0.500. The van der Waals surface area contributed by atoms with Crippen LogP contribution < -0.4 is 4.74 Å². The van der Waals surface area contributed by atoms with Crippen LogP contribution in [-0.2, 0) is 70.2 Å². The number of hydrogen-bond donors (Lipinski definition) is 0. The van der Waals surface area contributed by atoms with Crippen molar-refractivity contribution < 1.29 is 66.5 Å². The molecule has 0 unspecified atom stereocenters. The molecule has 3 saturated heterocycles. The SMILES string of the molecule is C=C1C[C@@H]2C[C@@H]3CC(=C)C[C@H](/C=C/C(C)(C)[C@]4(OC)O[C@@H](C/C(=C\C(=O)OC)[C@@H]4OC(=O)c4ccccc4)C[C@H]([C@@H](C)OCOCc4ccccc4)OC(=O)C[C@H](OCc4ccc(OC)cc4)C[C@H](C1)O2)O3. The number of ether oxygens (including phenoxy) is 11. The van der Waals surface area contributed by atoms with Crippen molar-refractivity contribution in [1.29, 1.82) is 0 Å². The Morgan fingerprint density at radius 2 is 1.42 bits per heavy atom. The Bertz CT molecular complexity index is 2340. The molecule has 0 N–H and O–H groups in total. The number of carbonyl (C=O) groups is 3. The van der Waals surface area contributed by atoms with Crippen molar-refractivity contribution in [3.8, 4) is 5.75 Å². The van der Waals surface area contributed by atoms with Gasteiger partial charge in [0.05, 0.1) is 82.1 Å². The molecule has 4 heterocycles. The van der Waals surface area contributed by atoms with Crippen molar-refractivity contribution in [3.63, 3.8) is 0 Å². The van der Waals surface area contributed by atoms with E-state index in [1.165, 1.54) is 20.3 Å². The predicted octanol–water partition coefficient (Wildman–Crippen LogP) is 9.89. The van der Waals surface area contributed by atoms with Gasteiger partial charge in [-0.2, -0.15) is 0 Å². The summed E-state index contributed by atoms with van der Waals surface area (Å²) in [5, 5.41) is 0. The third kappa shape index (κ3) is 14.6. The molecule has 4 aliphatic rings.